The highest BCUT2D eigenvalue weighted by molar-refractivity contribution is 6.29. The summed E-state index contributed by atoms with van der Waals surface area (Å²) in [5.41, 5.74) is -0.0725. The highest BCUT2D eigenvalue weighted by Gasteiger charge is 2.17. The summed E-state index contributed by atoms with van der Waals surface area (Å²) in [7, 11) is 0. The fourth-order valence-electron chi connectivity index (χ4n) is 2.31. The molecule has 0 N–H and O–H groups in total. The van der Waals surface area contributed by atoms with E-state index in [0.717, 1.165) is 31.7 Å². The quantitative estimate of drug-likeness (QED) is 0.790. The van der Waals surface area contributed by atoms with E-state index >= 15 is 0 Å². The van der Waals surface area contributed by atoms with Crippen LogP contribution in [0.25, 0.3) is 0 Å². The minimum Gasteiger partial charge on any atom is -0.378 e. The number of rotatable bonds is 4. The first-order chi connectivity index (χ1) is 8.58. The van der Waals surface area contributed by atoms with E-state index in [2.05, 4.69) is 4.98 Å². The molecule has 18 heavy (non-hydrogen) atoms. The first-order valence-electron chi connectivity index (χ1n) is 6.47. The number of halogens is 1. The molecule has 0 aromatic carbocycles. The van der Waals surface area contributed by atoms with E-state index in [9.17, 15) is 4.79 Å². The first-order valence-corrected chi connectivity index (χ1v) is 6.84. The zero-order chi connectivity index (χ0) is 13.1. The molecule has 1 saturated heterocycles. The second-order valence-electron chi connectivity index (χ2n) is 5.01. The largest absolute Gasteiger partial charge is 0.378 e. The lowest BCUT2D eigenvalue weighted by atomic mass is 10.1. The van der Waals surface area contributed by atoms with E-state index in [1.807, 2.05) is 13.8 Å². The third-order valence-corrected chi connectivity index (χ3v) is 3.42. The van der Waals surface area contributed by atoms with Crippen molar-refractivity contribution >= 4 is 11.6 Å². The summed E-state index contributed by atoms with van der Waals surface area (Å²) in [5.74, 6) is 0.936. The highest BCUT2D eigenvalue weighted by Crippen LogP contribution is 2.18. The smallest absolute Gasteiger partial charge is 0.254 e. The molecule has 100 valence electrons. The van der Waals surface area contributed by atoms with Crippen molar-refractivity contribution < 1.29 is 4.74 Å². The Morgan fingerprint density at radius 3 is 3.00 bits per heavy atom. The lowest BCUT2D eigenvalue weighted by molar-refractivity contribution is 0.0997. The molecule has 1 aromatic rings. The van der Waals surface area contributed by atoms with Crippen molar-refractivity contribution in [1.29, 1.82) is 0 Å². The van der Waals surface area contributed by atoms with Crippen LogP contribution in [0.3, 0.4) is 0 Å². The van der Waals surface area contributed by atoms with Gasteiger partial charge in [-0.2, -0.15) is 0 Å². The first kappa shape index (κ1) is 13.6. The Hall–Kier alpha value is -0.870. The molecule has 0 saturated carbocycles. The summed E-state index contributed by atoms with van der Waals surface area (Å²) in [6.07, 6.45) is 3.36. The van der Waals surface area contributed by atoms with E-state index in [0.29, 0.717) is 6.54 Å². The van der Waals surface area contributed by atoms with Gasteiger partial charge in [0, 0.05) is 25.1 Å². The van der Waals surface area contributed by atoms with Gasteiger partial charge in [-0.25, -0.2) is 4.98 Å². The van der Waals surface area contributed by atoms with E-state index in [1.165, 1.54) is 6.07 Å². The van der Waals surface area contributed by atoms with Gasteiger partial charge in [-0.3, -0.25) is 9.36 Å². The molecular weight excluding hydrogens is 252 g/mol. The average molecular weight is 271 g/mol. The Balaban J connectivity index is 2.17. The molecule has 0 radical (unpaired) electrons. The zero-order valence-electron chi connectivity index (χ0n) is 10.9. The Morgan fingerprint density at radius 1 is 1.61 bits per heavy atom. The van der Waals surface area contributed by atoms with Crippen LogP contribution < -0.4 is 5.56 Å². The Labute approximate surface area is 112 Å². The molecule has 5 heteroatoms. The van der Waals surface area contributed by atoms with Gasteiger partial charge in [0.2, 0.25) is 0 Å². The molecule has 2 heterocycles. The van der Waals surface area contributed by atoms with Crippen molar-refractivity contribution in [2.24, 2.45) is 0 Å². The van der Waals surface area contributed by atoms with Crippen LogP contribution in [-0.2, 0) is 11.3 Å². The molecule has 0 aliphatic carbocycles. The fourth-order valence-corrected chi connectivity index (χ4v) is 2.49. The van der Waals surface area contributed by atoms with Crippen LogP contribution in [0.1, 0.15) is 44.9 Å². The average Bonchev–Trinajstić information content (AvgIpc) is 2.79. The SMILES string of the molecule is CC(C)c1nc(Cl)cc(=O)n1CCC1CCCO1. The molecule has 0 amide bonds. The van der Waals surface area contributed by atoms with Crippen LogP contribution in [0.4, 0.5) is 0 Å². The topological polar surface area (TPSA) is 44.1 Å². The predicted octanol–water partition coefficient (Wildman–Crippen LogP) is 2.59. The molecule has 1 unspecified atom stereocenters. The summed E-state index contributed by atoms with van der Waals surface area (Å²) in [6, 6.07) is 1.38. The number of hydrogen-bond donors (Lipinski definition) is 0. The molecular formula is C13H19ClN2O2. The summed E-state index contributed by atoms with van der Waals surface area (Å²) >= 11 is 5.84. The van der Waals surface area contributed by atoms with Gasteiger partial charge >= 0.3 is 0 Å². The maximum Gasteiger partial charge on any atom is 0.254 e. The Bertz CT molecular complexity index is 465. The van der Waals surface area contributed by atoms with E-state index in [4.69, 9.17) is 16.3 Å². The van der Waals surface area contributed by atoms with Crippen LogP contribution >= 0.6 is 11.6 Å². The standard InChI is InChI=1S/C13H19ClN2O2/c1-9(2)13-15-11(14)8-12(17)16(13)6-5-10-4-3-7-18-10/h8-10H,3-7H2,1-2H3. The lowest BCUT2D eigenvalue weighted by Crippen LogP contribution is -2.27. The third kappa shape index (κ3) is 3.12. The number of nitrogens with zero attached hydrogens (tertiary/aromatic N) is 2. The van der Waals surface area contributed by atoms with Crippen molar-refractivity contribution in [3.05, 3.63) is 27.4 Å². The predicted molar refractivity (Wildman–Crippen MR) is 71.2 cm³/mol. The van der Waals surface area contributed by atoms with Crippen LogP contribution in [0.15, 0.2) is 10.9 Å². The lowest BCUT2D eigenvalue weighted by Gasteiger charge is -2.16. The maximum atomic E-state index is 12.0. The molecule has 2 rings (SSSR count). The van der Waals surface area contributed by atoms with Crippen molar-refractivity contribution in [2.75, 3.05) is 6.61 Å². The van der Waals surface area contributed by atoms with Gasteiger partial charge in [0.25, 0.3) is 5.56 Å². The van der Waals surface area contributed by atoms with E-state index in [-0.39, 0.29) is 22.7 Å². The summed E-state index contributed by atoms with van der Waals surface area (Å²) in [6.45, 7) is 5.53. The van der Waals surface area contributed by atoms with Gasteiger partial charge in [0.15, 0.2) is 0 Å². The molecule has 1 aromatic heterocycles. The van der Waals surface area contributed by atoms with Crippen LogP contribution in [0, 0.1) is 0 Å². The van der Waals surface area contributed by atoms with E-state index < -0.39 is 0 Å². The van der Waals surface area contributed by atoms with Gasteiger partial charge in [-0.15, -0.1) is 0 Å². The van der Waals surface area contributed by atoms with Crippen molar-refractivity contribution in [1.82, 2.24) is 9.55 Å². The van der Waals surface area contributed by atoms with Crippen molar-refractivity contribution in [3.63, 3.8) is 0 Å². The van der Waals surface area contributed by atoms with Crippen molar-refractivity contribution in [2.45, 2.75) is 51.7 Å². The van der Waals surface area contributed by atoms with E-state index in [1.54, 1.807) is 4.57 Å². The fraction of sp³-hybridized carbons (Fsp3) is 0.692. The minimum absolute atomic E-state index is 0.0725. The second-order valence-corrected chi connectivity index (χ2v) is 5.39. The number of hydrogen-bond acceptors (Lipinski definition) is 3. The van der Waals surface area contributed by atoms with Gasteiger partial charge in [-0.1, -0.05) is 25.4 Å². The zero-order valence-corrected chi connectivity index (χ0v) is 11.6. The Kier molecular flexibility index (Phi) is 4.40. The normalized spacial score (nSPS) is 19.7. The molecule has 1 aliphatic heterocycles. The van der Waals surface area contributed by atoms with Crippen molar-refractivity contribution in [3.8, 4) is 0 Å². The van der Waals surface area contributed by atoms with Gasteiger partial charge in [0.05, 0.1) is 6.10 Å². The van der Waals surface area contributed by atoms with Crippen LogP contribution in [0.5, 0.6) is 0 Å². The summed E-state index contributed by atoms with van der Waals surface area (Å²) in [4.78, 5) is 16.2. The monoisotopic (exact) mass is 270 g/mol. The second kappa shape index (κ2) is 5.85. The highest BCUT2D eigenvalue weighted by atomic mass is 35.5. The summed E-state index contributed by atoms with van der Waals surface area (Å²) < 4.78 is 7.30. The molecule has 1 atom stereocenters. The molecule has 0 spiro atoms. The molecule has 4 nitrogen and oxygen atoms in total. The van der Waals surface area contributed by atoms with Gasteiger partial charge in [-0.05, 0) is 19.3 Å². The maximum absolute atomic E-state index is 12.0. The molecule has 1 aliphatic rings. The minimum atomic E-state index is -0.0725. The van der Waals surface area contributed by atoms with Crippen LogP contribution in [0.2, 0.25) is 5.15 Å². The van der Waals surface area contributed by atoms with Gasteiger partial charge in [0.1, 0.15) is 11.0 Å². The molecule has 0 bridgehead atoms. The molecule has 1 fully saturated rings. The number of aromatic nitrogens is 2. The van der Waals surface area contributed by atoms with Gasteiger partial charge < -0.3 is 4.74 Å². The number of ether oxygens (including phenoxy) is 1. The third-order valence-electron chi connectivity index (χ3n) is 3.22. The Morgan fingerprint density at radius 2 is 2.39 bits per heavy atom. The van der Waals surface area contributed by atoms with Crippen LogP contribution in [-0.4, -0.2) is 22.3 Å². The summed E-state index contributed by atoms with van der Waals surface area (Å²) in [5, 5.41) is 0.275.